The topological polar surface area (TPSA) is 142 Å². The average Bonchev–Trinajstić information content (AvgIpc) is 3.54. The fourth-order valence-electron chi connectivity index (χ4n) is 3.83. The van der Waals surface area contributed by atoms with Gasteiger partial charge in [0.15, 0.2) is 5.13 Å². The van der Waals surface area contributed by atoms with E-state index in [-0.39, 0.29) is 25.4 Å². The minimum atomic E-state index is -5.44. The van der Waals surface area contributed by atoms with E-state index in [9.17, 15) is 36.6 Å². The van der Waals surface area contributed by atoms with Crippen molar-refractivity contribution in [3.63, 3.8) is 0 Å². The maximum absolute atomic E-state index is 12.7. The van der Waals surface area contributed by atoms with E-state index in [4.69, 9.17) is 4.74 Å². The van der Waals surface area contributed by atoms with Gasteiger partial charge in [-0.1, -0.05) is 12.1 Å². The summed E-state index contributed by atoms with van der Waals surface area (Å²) in [5.41, 5.74) is -3.79. The highest BCUT2D eigenvalue weighted by Crippen LogP contribution is 2.34. The molecule has 212 valence electrons. The molecule has 10 nitrogen and oxygen atoms in total. The number of aryl methyl sites for hydroxylation is 1. The van der Waals surface area contributed by atoms with E-state index in [0.717, 1.165) is 12.1 Å². The zero-order valence-electron chi connectivity index (χ0n) is 20.3. The Labute approximate surface area is 230 Å². The molecule has 1 atom stereocenters. The van der Waals surface area contributed by atoms with Gasteiger partial charge in [-0.15, -0.1) is 22.7 Å². The molecule has 1 aromatic carbocycles. The Kier molecular flexibility index (Phi) is 9.23. The van der Waals surface area contributed by atoms with Crippen molar-refractivity contribution in [2.45, 2.75) is 42.5 Å². The van der Waals surface area contributed by atoms with Crippen LogP contribution in [0.15, 0.2) is 34.5 Å². The zero-order valence-corrected chi connectivity index (χ0v) is 22.8. The predicted molar refractivity (Wildman–Crippen MR) is 138 cm³/mol. The van der Waals surface area contributed by atoms with Crippen LogP contribution in [0, 0.1) is 0 Å². The third-order valence-electron chi connectivity index (χ3n) is 5.81. The van der Waals surface area contributed by atoms with Gasteiger partial charge in [-0.3, -0.25) is 4.79 Å². The first-order valence-corrected chi connectivity index (χ1v) is 14.9. The number of carbonyl (C=O) groups is 1. The number of nitrogens with one attached hydrogen (secondary N) is 1. The third kappa shape index (κ3) is 7.12. The molecule has 1 aliphatic heterocycles. The van der Waals surface area contributed by atoms with Gasteiger partial charge >= 0.3 is 5.51 Å². The van der Waals surface area contributed by atoms with Crippen molar-refractivity contribution in [1.82, 2.24) is 14.9 Å². The molecule has 1 amide bonds. The molecule has 3 aromatic rings. The second-order valence-corrected chi connectivity index (χ2v) is 12.4. The molecule has 4 rings (SSSR count). The highest BCUT2D eigenvalue weighted by atomic mass is 32.2. The molecular formula is C23H25F3N4O6S3. The molecule has 1 unspecified atom stereocenters. The first-order chi connectivity index (χ1) is 18.5. The van der Waals surface area contributed by atoms with E-state index in [1.165, 1.54) is 34.8 Å². The van der Waals surface area contributed by atoms with E-state index in [2.05, 4.69) is 15.3 Å². The molecule has 0 aliphatic carbocycles. The maximum Gasteiger partial charge on any atom is 0.501 e. The number of hydrogen-bond acceptors (Lipinski definition) is 11. The Morgan fingerprint density at radius 2 is 1.87 bits per heavy atom. The van der Waals surface area contributed by atoms with Crippen molar-refractivity contribution in [3.8, 4) is 10.6 Å². The van der Waals surface area contributed by atoms with Crippen molar-refractivity contribution >= 4 is 43.5 Å². The second-order valence-electron chi connectivity index (χ2n) is 8.53. The summed E-state index contributed by atoms with van der Waals surface area (Å²) in [6, 6.07) is 4.10. The van der Waals surface area contributed by atoms with Gasteiger partial charge in [0.2, 0.25) is 5.91 Å². The normalized spacial score (nSPS) is 15.4. The molecule has 0 saturated carbocycles. The van der Waals surface area contributed by atoms with E-state index in [1.807, 2.05) is 0 Å². The number of morpholine rings is 1. The van der Waals surface area contributed by atoms with Gasteiger partial charge in [-0.05, 0) is 24.1 Å². The van der Waals surface area contributed by atoms with Crippen molar-refractivity contribution in [2.24, 2.45) is 0 Å². The monoisotopic (exact) mass is 606 g/mol. The lowest BCUT2D eigenvalue weighted by Crippen LogP contribution is -2.40. The van der Waals surface area contributed by atoms with Crippen molar-refractivity contribution < 1.29 is 41.3 Å². The standard InChI is InChI=1S/C23H25F3N4O6S3/c24-23(25,26)39(34,35)15-3-1-14(2-4-15)11-18(32)29-22-28-17(13-37-22)21-16(27-19(12-31)38-21)5-6-20(33)30-7-9-36-10-8-30/h1-4,13,18,31-32H,5-12H2,(H,28,29). The van der Waals surface area contributed by atoms with Crippen LogP contribution in [0.3, 0.4) is 0 Å². The Morgan fingerprint density at radius 1 is 1.18 bits per heavy atom. The van der Waals surface area contributed by atoms with Crippen LogP contribution in [0.4, 0.5) is 18.3 Å². The number of aromatic nitrogens is 2. The summed E-state index contributed by atoms with van der Waals surface area (Å²) in [6.45, 7) is 1.85. The van der Waals surface area contributed by atoms with Crippen LogP contribution in [0.5, 0.6) is 0 Å². The van der Waals surface area contributed by atoms with Gasteiger partial charge in [-0.25, -0.2) is 18.4 Å². The van der Waals surface area contributed by atoms with Crippen LogP contribution < -0.4 is 5.32 Å². The first-order valence-electron chi connectivity index (χ1n) is 11.7. The molecule has 1 fully saturated rings. The summed E-state index contributed by atoms with van der Waals surface area (Å²) in [4.78, 5) is 23.0. The van der Waals surface area contributed by atoms with Crippen LogP contribution in [0.2, 0.25) is 0 Å². The highest BCUT2D eigenvalue weighted by molar-refractivity contribution is 7.92. The van der Waals surface area contributed by atoms with Crippen LogP contribution in [-0.4, -0.2) is 77.4 Å². The Bertz CT molecular complexity index is 1390. The quantitative estimate of drug-likeness (QED) is 0.297. The number of amides is 1. The van der Waals surface area contributed by atoms with Gasteiger partial charge in [-0.2, -0.15) is 13.2 Å². The number of hydrogen-bond donors (Lipinski definition) is 3. The van der Waals surface area contributed by atoms with Gasteiger partial charge < -0.3 is 25.2 Å². The van der Waals surface area contributed by atoms with E-state index < -0.39 is 26.5 Å². The third-order valence-corrected chi connectivity index (χ3v) is 9.19. The summed E-state index contributed by atoms with van der Waals surface area (Å²) in [6.07, 6.45) is -0.566. The molecule has 2 aromatic heterocycles. The summed E-state index contributed by atoms with van der Waals surface area (Å²) in [5, 5.41) is 25.4. The minimum Gasteiger partial charge on any atom is -0.389 e. The van der Waals surface area contributed by atoms with E-state index in [1.54, 1.807) is 10.3 Å². The number of nitrogens with zero attached hydrogens (tertiary/aromatic N) is 3. The van der Waals surface area contributed by atoms with Crippen LogP contribution in [0.25, 0.3) is 10.6 Å². The highest BCUT2D eigenvalue weighted by Gasteiger charge is 2.46. The zero-order chi connectivity index (χ0) is 28.2. The van der Waals surface area contributed by atoms with Gasteiger partial charge in [0.25, 0.3) is 9.84 Å². The van der Waals surface area contributed by atoms with E-state index in [0.29, 0.717) is 64.7 Å². The van der Waals surface area contributed by atoms with Crippen LogP contribution >= 0.6 is 22.7 Å². The van der Waals surface area contributed by atoms with Gasteiger partial charge in [0.1, 0.15) is 11.2 Å². The van der Waals surface area contributed by atoms with Crippen LogP contribution in [0.1, 0.15) is 22.7 Å². The predicted octanol–water partition coefficient (Wildman–Crippen LogP) is 2.82. The summed E-state index contributed by atoms with van der Waals surface area (Å²) >= 11 is 2.46. The number of carbonyl (C=O) groups excluding carboxylic acids is 1. The lowest BCUT2D eigenvalue weighted by molar-refractivity contribution is -0.135. The smallest absolute Gasteiger partial charge is 0.389 e. The number of thiazole rings is 2. The van der Waals surface area contributed by atoms with Gasteiger partial charge in [0, 0.05) is 31.3 Å². The number of anilines is 1. The lowest BCUT2D eigenvalue weighted by atomic mass is 10.1. The molecule has 0 spiro atoms. The molecule has 16 heteroatoms. The largest absolute Gasteiger partial charge is 0.501 e. The Morgan fingerprint density at radius 3 is 2.51 bits per heavy atom. The summed E-state index contributed by atoms with van der Waals surface area (Å²) < 4.78 is 66.4. The van der Waals surface area contributed by atoms with Crippen molar-refractivity contribution in [2.75, 3.05) is 31.6 Å². The number of aliphatic hydroxyl groups excluding tert-OH is 2. The Balaban J connectivity index is 1.39. The number of halogens is 3. The summed E-state index contributed by atoms with van der Waals surface area (Å²) in [7, 11) is -5.44. The number of rotatable bonds is 10. The average molecular weight is 607 g/mol. The molecule has 3 heterocycles. The lowest BCUT2D eigenvalue weighted by Gasteiger charge is -2.26. The van der Waals surface area contributed by atoms with E-state index >= 15 is 0 Å². The molecule has 1 aliphatic rings. The molecular weight excluding hydrogens is 581 g/mol. The fourth-order valence-corrected chi connectivity index (χ4v) is 6.35. The Hall–Kier alpha value is -2.63. The number of alkyl halides is 3. The number of sulfone groups is 1. The van der Waals surface area contributed by atoms with Gasteiger partial charge in [0.05, 0.1) is 41.0 Å². The summed E-state index contributed by atoms with van der Waals surface area (Å²) in [5.74, 6) is -0.00408. The SMILES string of the molecule is O=C(CCc1nc(CO)sc1-c1csc(NC(O)Cc2ccc(S(=O)(=O)C(F)(F)F)cc2)n1)N1CCOCC1. The minimum absolute atomic E-state index is 0.00408. The number of ether oxygens (including phenoxy) is 1. The molecule has 3 N–H and O–H groups in total. The van der Waals surface area contributed by atoms with Crippen molar-refractivity contribution in [3.05, 3.63) is 45.9 Å². The number of benzene rings is 1. The maximum atomic E-state index is 12.7. The fraction of sp³-hybridized carbons (Fsp3) is 0.435. The number of aliphatic hydroxyl groups is 2. The molecule has 39 heavy (non-hydrogen) atoms. The molecule has 1 saturated heterocycles. The van der Waals surface area contributed by atoms with Crippen molar-refractivity contribution in [1.29, 1.82) is 0 Å². The van der Waals surface area contributed by atoms with Crippen LogP contribution in [-0.2, 0) is 38.8 Å². The second kappa shape index (κ2) is 12.3. The first kappa shape index (κ1) is 29.4. The molecule has 0 radical (unpaired) electrons. The molecule has 0 bridgehead atoms.